The summed E-state index contributed by atoms with van der Waals surface area (Å²) in [6, 6.07) is 0. The lowest BCUT2D eigenvalue weighted by Gasteiger charge is -2.35. The monoisotopic (exact) mass is 253 g/mol. The second kappa shape index (κ2) is 6.38. The number of rotatable bonds is 4. The number of nitrogens with one attached hydrogen (secondary N) is 1. The highest BCUT2D eigenvalue weighted by Gasteiger charge is 2.30. The van der Waals surface area contributed by atoms with Crippen LogP contribution in [0.5, 0.6) is 0 Å². The zero-order valence-electron chi connectivity index (χ0n) is 12.1. The van der Waals surface area contributed by atoms with Crippen LogP contribution in [0.1, 0.15) is 77.6 Å². The van der Waals surface area contributed by atoms with E-state index in [-0.39, 0.29) is 0 Å². The van der Waals surface area contributed by atoms with Crippen LogP contribution in [0.4, 0.5) is 0 Å². The molecule has 0 unspecified atom stereocenters. The van der Waals surface area contributed by atoms with Crippen molar-refractivity contribution in [1.82, 2.24) is 5.32 Å². The van der Waals surface area contributed by atoms with E-state index in [9.17, 15) is 5.11 Å². The smallest absolute Gasteiger partial charge is 0.0771 e. The van der Waals surface area contributed by atoms with E-state index in [1.165, 1.54) is 57.8 Å². The third-order valence-electron chi connectivity index (χ3n) is 5.10. The van der Waals surface area contributed by atoms with Crippen molar-refractivity contribution in [1.29, 1.82) is 0 Å². The summed E-state index contributed by atoms with van der Waals surface area (Å²) in [6.07, 6.45) is 13.9. The molecule has 2 heteroatoms. The van der Waals surface area contributed by atoms with Gasteiger partial charge in [0.2, 0.25) is 0 Å². The average molecular weight is 253 g/mol. The minimum absolute atomic E-state index is 0.415. The van der Waals surface area contributed by atoms with Crippen LogP contribution < -0.4 is 5.32 Å². The molecule has 0 aromatic carbocycles. The van der Waals surface area contributed by atoms with Gasteiger partial charge in [0, 0.05) is 13.1 Å². The van der Waals surface area contributed by atoms with Crippen LogP contribution >= 0.6 is 0 Å². The van der Waals surface area contributed by atoms with Gasteiger partial charge in [0.05, 0.1) is 5.60 Å². The van der Waals surface area contributed by atoms with E-state index >= 15 is 0 Å². The first-order valence-corrected chi connectivity index (χ1v) is 8.05. The molecule has 0 aliphatic heterocycles. The highest BCUT2D eigenvalue weighted by molar-refractivity contribution is 4.86. The molecule has 0 radical (unpaired) electrons. The van der Waals surface area contributed by atoms with Crippen LogP contribution in [0.3, 0.4) is 0 Å². The molecule has 18 heavy (non-hydrogen) atoms. The van der Waals surface area contributed by atoms with Crippen LogP contribution in [0.25, 0.3) is 0 Å². The Morgan fingerprint density at radius 3 is 1.89 bits per heavy atom. The highest BCUT2D eigenvalue weighted by Crippen LogP contribution is 2.35. The van der Waals surface area contributed by atoms with E-state index in [4.69, 9.17) is 0 Å². The van der Waals surface area contributed by atoms with Crippen LogP contribution in [0, 0.1) is 5.41 Å². The molecule has 0 spiro atoms. The molecule has 2 fully saturated rings. The maximum Gasteiger partial charge on any atom is 0.0771 e. The fourth-order valence-corrected chi connectivity index (χ4v) is 3.74. The molecule has 0 heterocycles. The van der Waals surface area contributed by atoms with Crippen molar-refractivity contribution in [3.05, 3.63) is 0 Å². The lowest BCUT2D eigenvalue weighted by molar-refractivity contribution is 0.0219. The SMILES string of the molecule is CC1(CNCC2(O)CCCCCC2)CCCCC1. The van der Waals surface area contributed by atoms with Crippen molar-refractivity contribution in [2.24, 2.45) is 5.41 Å². The zero-order valence-corrected chi connectivity index (χ0v) is 12.1. The van der Waals surface area contributed by atoms with Crippen LogP contribution in [-0.2, 0) is 0 Å². The predicted octanol–water partition coefficient (Wildman–Crippen LogP) is 3.63. The summed E-state index contributed by atoms with van der Waals surface area (Å²) in [6.45, 7) is 4.31. The average Bonchev–Trinajstić information content (AvgIpc) is 2.55. The maximum atomic E-state index is 10.6. The number of hydrogen-bond donors (Lipinski definition) is 2. The summed E-state index contributed by atoms with van der Waals surface area (Å²) >= 11 is 0. The quantitative estimate of drug-likeness (QED) is 0.750. The number of hydrogen-bond acceptors (Lipinski definition) is 2. The molecule has 2 saturated carbocycles. The van der Waals surface area contributed by atoms with Gasteiger partial charge in [0.15, 0.2) is 0 Å². The molecule has 0 aromatic rings. The molecule has 0 atom stereocenters. The third-order valence-corrected chi connectivity index (χ3v) is 5.10. The summed E-state index contributed by atoms with van der Waals surface area (Å²) in [4.78, 5) is 0. The summed E-state index contributed by atoms with van der Waals surface area (Å²) < 4.78 is 0. The number of aliphatic hydroxyl groups is 1. The van der Waals surface area contributed by atoms with Gasteiger partial charge in [-0.05, 0) is 31.1 Å². The molecule has 2 N–H and O–H groups in total. The van der Waals surface area contributed by atoms with Crippen molar-refractivity contribution in [2.45, 2.75) is 83.2 Å². The molecule has 2 aliphatic carbocycles. The summed E-state index contributed by atoms with van der Waals surface area (Å²) in [5.74, 6) is 0. The second-order valence-corrected chi connectivity index (χ2v) is 7.11. The lowest BCUT2D eigenvalue weighted by atomic mass is 9.75. The van der Waals surface area contributed by atoms with E-state index < -0.39 is 5.60 Å². The Morgan fingerprint density at radius 1 is 0.778 bits per heavy atom. The molecular weight excluding hydrogens is 222 g/mol. The highest BCUT2D eigenvalue weighted by atomic mass is 16.3. The van der Waals surface area contributed by atoms with Gasteiger partial charge >= 0.3 is 0 Å². The lowest BCUT2D eigenvalue weighted by Crippen LogP contribution is -2.44. The Bertz CT molecular complexity index is 237. The molecule has 2 aliphatic rings. The van der Waals surface area contributed by atoms with Gasteiger partial charge in [-0.15, -0.1) is 0 Å². The van der Waals surface area contributed by atoms with Gasteiger partial charge in [-0.1, -0.05) is 51.9 Å². The Labute approximate surface area is 113 Å². The first kappa shape index (κ1) is 14.3. The van der Waals surface area contributed by atoms with Crippen molar-refractivity contribution in [3.63, 3.8) is 0 Å². The van der Waals surface area contributed by atoms with Gasteiger partial charge < -0.3 is 10.4 Å². The van der Waals surface area contributed by atoms with Gasteiger partial charge in [-0.25, -0.2) is 0 Å². The minimum Gasteiger partial charge on any atom is -0.389 e. The van der Waals surface area contributed by atoms with Crippen molar-refractivity contribution in [2.75, 3.05) is 13.1 Å². The molecule has 0 aromatic heterocycles. The summed E-state index contributed by atoms with van der Waals surface area (Å²) in [5, 5.41) is 14.2. The van der Waals surface area contributed by atoms with Gasteiger partial charge in [-0.2, -0.15) is 0 Å². The standard InChI is InChI=1S/C16H31NO/c1-15(9-5-4-6-10-15)13-17-14-16(18)11-7-2-3-8-12-16/h17-18H,2-14H2,1H3. The Balaban J connectivity index is 1.73. The Hall–Kier alpha value is -0.0800. The van der Waals surface area contributed by atoms with Crippen LogP contribution in [0.2, 0.25) is 0 Å². The molecular formula is C16H31NO. The Kier molecular flexibility index (Phi) is 5.08. The summed E-state index contributed by atoms with van der Waals surface area (Å²) in [7, 11) is 0. The molecule has 0 saturated heterocycles. The van der Waals surface area contributed by atoms with Crippen LogP contribution in [-0.4, -0.2) is 23.8 Å². The predicted molar refractivity (Wildman–Crippen MR) is 76.7 cm³/mol. The first-order chi connectivity index (χ1) is 8.62. The van der Waals surface area contributed by atoms with Crippen molar-refractivity contribution >= 4 is 0 Å². The molecule has 0 amide bonds. The zero-order chi connectivity index (χ0) is 12.9. The van der Waals surface area contributed by atoms with E-state index in [1.807, 2.05) is 0 Å². The molecule has 2 rings (SSSR count). The first-order valence-electron chi connectivity index (χ1n) is 8.05. The van der Waals surface area contributed by atoms with E-state index in [2.05, 4.69) is 12.2 Å². The Morgan fingerprint density at radius 2 is 1.28 bits per heavy atom. The fraction of sp³-hybridized carbons (Fsp3) is 1.00. The van der Waals surface area contributed by atoms with E-state index in [0.29, 0.717) is 5.41 Å². The molecule has 2 nitrogen and oxygen atoms in total. The van der Waals surface area contributed by atoms with Crippen molar-refractivity contribution in [3.8, 4) is 0 Å². The van der Waals surface area contributed by atoms with Gasteiger partial charge in [0.1, 0.15) is 0 Å². The molecule has 0 bridgehead atoms. The largest absolute Gasteiger partial charge is 0.389 e. The van der Waals surface area contributed by atoms with Crippen LogP contribution in [0.15, 0.2) is 0 Å². The van der Waals surface area contributed by atoms with E-state index in [0.717, 1.165) is 25.9 Å². The van der Waals surface area contributed by atoms with E-state index in [1.54, 1.807) is 0 Å². The second-order valence-electron chi connectivity index (χ2n) is 7.11. The van der Waals surface area contributed by atoms with Gasteiger partial charge in [-0.3, -0.25) is 0 Å². The maximum absolute atomic E-state index is 10.6. The van der Waals surface area contributed by atoms with Crippen molar-refractivity contribution < 1.29 is 5.11 Å². The van der Waals surface area contributed by atoms with Gasteiger partial charge in [0.25, 0.3) is 0 Å². The summed E-state index contributed by atoms with van der Waals surface area (Å²) in [5.41, 5.74) is 0.0703. The normalized spacial score (nSPS) is 27.7. The molecule has 106 valence electrons. The third kappa shape index (κ3) is 4.24. The minimum atomic E-state index is -0.415. The fourth-order valence-electron chi connectivity index (χ4n) is 3.74. The topological polar surface area (TPSA) is 32.3 Å².